The number of benzene rings is 1. The summed E-state index contributed by atoms with van der Waals surface area (Å²) in [6.45, 7) is 1.23. The van der Waals surface area contributed by atoms with Gasteiger partial charge in [-0.2, -0.15) is 0 Å². The zero-order chi connectivity index (χ0) is 8.97. The molecule has 0 aliphatic heterocycles. The lowest BCUT2D eigenvalue weighted by Gasteiger charge is -1.97. The highest BCUT2D eigenvalue weighted by Gasteiger charge is 1.92. The van der Waals surface area contributed by atoms with Crippen molar-refractivity contribution in [3.05, 3.63) is 29.8 Å². The number of amidine groups is 1. The zero-order valence-electron chi connectivity index (χ0n) is 6.92. The molecule has 0 aliphatic rings. The van der Waals surface area contributed by atoms with E-state index >= 15 is 0 Å². The van der Waals surface area contributed by atoms with Crippen molar-refractivity contribution < 1.29 is 4.39 Å². The normalized spacial score (nSPS) is 11.7. The smallest absolute Gasteiger partial charge is 0.115 e. The fraction of sp³-hybridized carbons (Fsp3) is 0.222. The minimum Gasteiger partial charge on any atom is -0.387 e. The Labute approximate surface area is 70.9 Å². The molecule has 1 aromatic rings. The second-order valence-corrected chi connectivity index (χ2v) is 2.56. The summed E-state index contributed by atoms with van der Waals surface area (Å²) >= 11 is 0. The molecule has 0 aromatic heterocycles. The van der Waals surface area contributed by atoms with E-state index in [-0.39, 0.29) is 0 Å². The molecule has 3 heteroatoms. The van der Waals surface area contributed by atoms with E-state index in [1.165, 1.54) is 0 Å². The first-order valence-corrected chi connectivity index (χ1v) is 3.68. The van der Waals surface area contributed by atoms with Gasteiger partial charge in [-0.25, -0.2) is 9.38 Å². The third-order valence-corrected chi connectivity index (χ3v) is 1.37. The summed E-state index contributed by atoms with van der Waals surface area (Å²) in [5.41, 5.74) is 6.69. The summed E-state index contributed by atoms with van der Waals surface area (Å²) in [6, 6.07) is 6.94. The minimum atomic E-state index is -0.465. The van der Waals surface area contributed by atoms with Crippen LogP contribution in [0.2, 0.25) is 0 Å². The lowest BCUT2D eigenvalue weighted by molar-refractivity contribution is 0.485. The number of nitrogens with zero attached hydrogens (tertiary/aromatic N) is 1. The monoisotopic (exact) mass is 166 g/mol. The number of alkyl halides is 1. The quantitative estimate of drug-likeness (QED) is 0.530. The second kappa shape index (κ2) is 3.85. The van der Waals surface area contributed by atoms with Crippen molar-refractivity contribution in [1.82, 2.24) is 0 Å². The van der Waals surface area contributed by atoms with Gasteiger partial charge in [0.15, 0.2) is 0 Å². The number of rotatable bonds is 2. The molecule has 0 unspecified atom stereocenters. The Morgan fingerprint density at radius 1 is 1.58 bits per heavy atom. The van der Waals surface area contributed by atoms with E-state index in [0.717, 1.165) is 0 Å². The van der Waals surface area contributed by atoms with Gasteiger partial charge < -0.3 is 5.73 Å². The maximum Gasteiger partial charge on any atom is 0.115 e. The molecule has 0 spiro atoms. The van der Waals surface area contributed by atoms with Crippen molar-refractivity contribution in [2.24, 2.45) is 10.7 Å². The molecule has 0 atom stereocenters. The average Bonchev–Trinajstić information content (AvgIpc) is 2.03. The van der Waals surface area contributed by atoms with Gasteiger partial charge in [-0.15, -0.1) is 0 Å². The van der Waals surface area contributed by atoms with Gasteiger partial charge in [0, 0.05) is 0 Å². The first-order valence-electron chi connectivity index (χ1n) is 3.68. The SMILES string of the molecule is CC(N)=Nc1cccc(CF)c1. The highest BCUT2D eigenvalue weighted by atomic mass is 19.1. The predicted molar refractivity (Wildman–Crippen MR) is 48.2 cm³/mol. The Kier molecular flexibility index (Phi) is 2.80. The third kappa shape index (κ3) is 2.34. The molecule has 0 fully saturated rings. The fourth-order valence-corrected chi connectivity index (χ4v) is 0.913. The van der Waals surface area contributed by atoms with Gasteiger partial charge in [-0.1, -0.05) is 12.1 Å². The van der Waals surface area contributed by atoms with Crippen molar-refractivity contribution in [1.29, 1.82) is 0 Å². The predicted octanol–water partition coefficient (Wildman–Crippen LogP) is 2.16. The van der Waals surface area contributed by atoms with Crippen LogP contribution in [0.15, 0.2) is 29.3 Å². The molecule has 2 nitrogen and oxygen atoms in total. The molecule has 1 aromatic carbocycles. The van der Waals surface area contributed by atoms with E-state index in [1.807, 2.05) is 0 Å². The highest BCUT2D eigenvalue weighted by Crippen LogP contribution is 2.14. The molecule has 0 saturated heterocycles. The highest BCUT2D eigenvalue weighted by molar-refractivity contribution is 5.80. The standard InChI is InChI=1S/C9H11FN2/c1-7(11)12-9-4-2-3-8(5-9)6-10/h2-5H,6H2,1H3,(H2,11,12). The Morgan fingerprint density at radius 2 is 2.33 bits per heavy atom. The molecule has 2 N–H and O–H groups in total. The molecule has 12 heavy (non-hydrogen) atoms. The topological polar surface area (TPSA) is 38.4 Å². The molecule has 0 heterocycles. The van der Waals surface area contributed by atoms with Gasteiger partial charge in [-0.05, 0) is 24.6 Å². The molecular formula is C9H11FN2. The molecule has 1 rings (SSSR count). The van der Waals surface area contributed by atoms with Gasteiger partial charge in [-0.3, -0.25) is 0 Å². The van der Waals surface area contributed by atoms with E-state index in [0.29, 0.717) is 17.1 Å². The van der Waals surface area contributed by atoms with E-state index in [9.17, 15) is 4.39 Å². The summed E-state index contributed by atoms with van der Waals surface area (Å²) in [5.74, 6) is 0.478. The van der Waals surface area contributed by atoms with E-state index < -0.39 is 6.67 Å². The zero-order valence-corrected chi connectivity index (χ0v) is 6.92. The fourth-order valence-electron chi connectivity index (χ4n) is 0.913. The second-order valence-electron chi connectivity index (χ2n) is 2.56. The number of hydrogen-bond acceptors (Lipinski definition) is 1. The maximum absolute atomic E-state index is 12.2. The van der Waals surface area contributed by atoms with Crippen LogP contribution in [0.5, 0.6) is 0 Å². The van der Waals surface area contributed by atoms with Gasteiger partial charge in [0.25, 0.3) is 0 Å². The number of halogens is 1. The van der Waals surface area contributed by atoms with E-state index in [1.54, 1.807) is 31.2 Å². The first-order chi connectivity index (χ1) is 5.72. The summed E-state index contributed by atoms with van der Waals surface area (Å²) in [5, 5.41) is 0. The molecular weight excluding hydrogens is 155 g/mol. The lowest BCUT2D eigenvalue weighted by atomic mass is 10.2. The molecule has 0 bridgehead atoms. The van der Waals surface area contributed by atoms with Crippen molar-refractivity contribution in [3.63, 3.8) is 0 Å². The third-order valence-electron chi connectivity index (χ3n) is 1.37. The molecule has 0 aliphatic carbocycles. The van der Waals surface area contributed by atoms with Crippen LogP contribution in [-0.2, 0) is 6.67 Å². The van der Waals surface area contributed by atoms with Crippen molar-refractivity contribution in [3.8, 4) is 0 Å². The number of hydrogen-bond donors (Lipinski definition) is 1. The van der Waals surface area contributed by atoms with Crippen molar-refractivity contribution >= 4 is 11.5 Å². The Balaban J connectivity index is 2.94. The molecule has 0 amide bonds. The van der Waals surface area contributed by atoms with Crippen LogP contribution in [0.1, 0.15) is 12.5 Å². The van der Waals surface area contributed by atoms with Crippen LogP contribution >= 0.6 is 0 Å². The average molecular weight is 166 g/mol. The summed E-state index contributed by atoms with van der Waals surface area (Å²) < 4.78 is 12.2. The van der Waals surface area contributed by atoms with Gasteiger partial charge in [0.2, 0.25) is 0 Å². The Bertz CT molecular complexity index is 290. The molecule has 0 saturated carbocycles. The summed E-state index contributed by atoms with van der Waals surface area (Å²) in [4.78, 5) is 4.00. The Hall–Kier alpha value is -1.38. The minimum absolute atomic E-state index is 0.465. The van der Waals surface area contributed by atoms with Crippen molar-refractivity contribution in [2.75, 3.05) is 0 Å². The number of aliphatic imine (C=N–C) groups is 1. The summed E-state index contributed by atoms with van der Waals surface area (Å²) in [7, 11) is 0. The van der Waals surface area contributed by atoms with Gasteiger partial charge in [0.05, 0.1) is 11.5 Å². The molecule has 0 radical (unpaired) electrons. The van der Waals surface area contributed by atoms with Gasteiger partial charge in [0.1, 0.15) is 6.67 Å². The first kappa shape index (κ1) is 8.71. The van der Waals surface area contributed by atoms with Crippen molar-refractivity contribution in [2.45, 2.75) is 13.6 Å². The lowest BCUT2D eigenvalue weighted by Crippen LogP contribution is -2.03. The van der Waals surface area contributed by atoms with Crippen LogP contribution in [-0.4, -0.2) is 5.84 Å². The van der Waals surface area contributed by atoms with Crippen LogP contribution in [0.3, 0.4) is 0 Å². The van der Waals surface area contributed by atoms with Crippen LogP contribution in [0.4, 0.5) is 10.1 Å². The van der Waals surface area contributed by atoms with E-state index in [4.69, 9.17) is 5.73 Å². The Morgan fingerprint density at radius 3 is 2.92 bits per heavy atom. The largest absolute Gasteiger partial charge is 0.387 e. The number of nitrogens with two attached hydrogens (primary N) is 1. The van der Waals surface area contributed by atoms with Gasteiger partial charge >= 0.3 is 0 Å². The maximum atomic E-state index is 12.2. The van der Waals surface area contributed by atoms with E-state index in [2.05, 4.69) is 4.99 Å². The molecule has 64 valence electrons. The van der Waals surface area contributed by atoms with Crippen LogP contribution in [0, 0.1) is 0 Å². The van der Waals surface area contributed by atoms with Crippen LogP contribution in [0.25, 0.3) is 0 Å². The van der Waals surface area contributed by atoms with Crippen LogP contribution < -0.4 is 5.73 Å². The summed E-state index contributed by atoms with van der Waals surface area (Å²) in [6.07, 6.45) is 0.